The lowest BCUT2D eigenvalue weighted by Crippen LogP contribution is -2.27. The number of pyridine rings is 1. The monoisotopic (exact) mass is 323 g/mol. The molecule has 1 aliphatic carbocycles. The Morgan fingerprint density at radius 1 is 1.33 bits per heavy atom. The number of carbonyl (C=O) groups is 1. The maximum Gasteiger partial charge on any atom is 0.251 e. The van der Waals surface area contributed by atoms with Crippen LogP contribution in [0.2, 0.25) is 0 Å². The average molecular weight is 323 g/mol. The van der Waals surface area contributed by atoms with E-state index < -0.39 is 0 Å². The van der Waals surface area contributed by atoms with Gasteiger partial charge < -0.3 is 5.32 Å². The standard InChI is InChI=1S/C17H14FN5O/c18-14-3-1-2-13-12(14)4-5-15(13)22-17(24)11-6-7-20-16(8-11)23-10-19-9-21-23/h1-3,6-10,15H,4-5H2,(H,22,24). The molecule has 1 aromatic carbocycles. The zero-order valence-electron chi connectivity index (χ0n) is 12.7. The molecule has 1 N–H and O–H groups in total. The van der Waals surface area contributed by atoms with Gasteiger partial charge in [0.15, 0.2) is 5.82 Å². The molecule has 24 heavy (non-hydrogen) atoms. The zero-order chi connectivity index (χ0) is 16.5. The fraction of sp³-hybridized carbons (Fsp3) is 0.176. The highest BCUT2D eigenvalue weighted by atomic mass is 19.1. The number of amides is 1. The van der Waals surface area contributed by atoms with E-state index in [1.54, 1.807) is 24.4 Å². The molecule has 4 rings (SSSR count). The van der Waals surface area contributed by atoms with Gasteiger partial charge in [-0.2, -0.15) is 5.10 Å². The van der Waals surface area contributed by atoms with Crippen LogP contribution >= 0.6 is 0 Å². The molecule has 2 aromatic heterocycles. The van der Waals surface area contributed by atoms with E-state index in [0.717, 1.165) is 5.56 Å². The molecule has 1 amide bonds. The molecule has 0 radical (unpaired) electrons. The van der Waals surface area contributed by atoms with Crippen molar-refractivity contribution < 1.29 is 9.18 Å². The molecule has 120 valence electrons. The van der Waals surface area contributed by atoms with Gasteiger partial charge in [-0.25, -0.2) is 19.0 Å². The summed E-state index contributed by atoms with van der Waals surface area (Å²) in [7, 11) is 0. The highest BCUT2D eigenvalue weighted by Crippen LogP contribution is 2.32. The van der Waals surface area contributed by atoms with Crippen LogP contribution < -0.4 is 5.32 Å². The molecule has 6 nitrogen and oxygen atoms in total. The van der Waals surface area contributed by atoms with Gasteiger partial charge in [-0.15, -0.1) is 0 Å². The van der Waals surface area contributed by atoms with Crippen molar-refractivity contribution in [2.45, 2.75) is 18.9 Å². The molecular weight excluding hydrogens is 309 g/mol. The zero-order valence-corrected chi connectivity index (χ0v) is 12.7. The second kappa shape index (κ2) is 5.84. The summed E-state index contributed by atoms with van der Waals surface area (Å²) < 4.78 is 15.3. The quantitative estimate of drug-likeness (QED) is 0.802. The van der Waals surface area contributed by atoms with Crippen molar-refractivity contribution in [1.29, 1.82) is 0 Å². The van der Waals surface area contributed by atoms with Crippen molar-refractivity contribution in [3.8, 4) is 5.82 Å². The third kappa shape index (κ3) is 2.54. The third-order valence-corrected chi connectivity index (χ3v) is 4.18. The minimum absolute atomic E-state index is 0.175. The number of aromatic nitrogens is 4. The highest BCUT2D eigenvalue weighted by Gasteiger charge is 2.26. The minimum Gasteiger partial charge on any atom is -0.345 e. The van der Waals surface area contributed by atoms with Crippen molar-refractivity contribution in [3.63, 3.8) is 0 Å². The Kier molecular flexibility index (Phi) is 3.53. The lowest BCUT2D eigenvalue weighted by Gasteiger charge is -2.14. The molecule has 0 aliphatic heterocycles. The maximum absolute atomic E-state index is 13.8. The second-order valence-corrected chi connectivity index (χ2v) is 5.62. The molecule has 3 aromatic rings. The van der Waals surface area contributed by atoms with Gasteiger partial charge in [-0.1, -0.05) is 12.1 Å². The summed E-state index contributed by atoms with van der Waals surface area (Å²) in [5.41, 5.74) is 2.02. The Hall–Kier alpha value is -3.09. The molecule has 7 heteroatoms. The number of nitrogens with zero attached hydrogens (tertiary/aromatic N) is 4. The summed E-state index contributed by atoms with van der Waals surface area (Å²) in [6.07, 6.45) is 5.79. The van der Waals surface area contributed by atoms with E-state index in [2.05, 4.69) is 20.4 Å². The van der Waals surface area contributed by atoms with Crippen molar-refractivity contribution in [3.05, 3.63) is 71.7 Å². The number of carbonyl (C=O) groups excluding carboxylic acids is 1. The van der Waals surface area contributed by atoms with Gasteiger partial charge in [0.1, 0.15) is 18.5 Å². The Labute approximate surface area is 137 Å². The maximum atomic E-state index is 13.8. The SMILES string of the molecule is O=C(NC1CCc2c(F)cccc21)c1ccnc(-n2cncn2)c1. The molecule has 1 aliphatic rings. The normalized spacial score (nSPS) is 16.0. The molecule has 2 heterocycles. The van der Waals surface area contributed by atoms with Crippen LogP contribution in [0.3, 0.4) is 0 Å². The number of nitrogens with one attached hydrogen (secondary N) is 1. The summed E-state index contributed by atoms with van der Waals surface area (Å²) in [5, 5.41) is 6.97. The Balaban J connectivity index is 1.56. The van der Waals surface area contributed by atoms with E-state index in [1.807, 2.05) is 6.07 Å². The molecule has 0 bridgehead atoms. The van der Waals surface area contributed by atoms with Crippen LogP contribution in [-0.2, 0) is 6.42 Å². The first-order valence-electron chi connectivity index (χ1n) is 7.61. The molecule has 1 unspecified atom stereocenters. The molecule has 1 atom stereocenters. The molecule has 0 spiro atoms. The largest absolute Gasteiger partial charge is 0.345 e. The highest BCUT2D eigenvalue weighted by molar-refractivity contribution is 5.94. The third-order valence-electron chi connectivity index (χ3n) is 4.18. The lowest BCUT2D eigenvalue weighted by atomic mass is 10.1. The van der Waals surface area contributed by atoms with Gasteiger partial charge in [0.05, 0.1) is 6.04 Å². The average Bonchev–Trinajstić information content (AvgIpc) is 3.26. The summed E-state index contributed by atoms with van der Waals surface area (Å²) >= 11 is 0. The number of hydrogen-bond donors (Lipinski definition) is 1. The van der Waals surface area contributed by atoms with E-state index in [9.17, 15) is 9.18 Å². The van der Waals surface area contributed by atoms with Crippen LogP contribution in [0, 0.1) is 5.82 Å². The van der Waals surface area contributed by atoms with Crippen molar-refractivity contribution in [2.75, 3.05) is 0 Å². The second-order valence-electron chi connectivity index (χ2n) is 5.62. The number of benzene rings is 1. The predicted molar refractivity (Wildman–Crippen MR) is 84.1 cm³/mol. The first-order chi connectivity index (χ1) is 11.7. The van der Waals surface area contributed by atoms with Crippen LogP contribution in [0.5, 0.6) is 0 Å². The molecule has 0 saturated carbocycles. The van der Waals surface area contributed by atoms with Crippen LogP contribution in [0.15, 0.2) is 49.2 Å². The number of hydrogen-bond acceptors (Lipinski definition) is 4. The number of halogens is 1. The van der Waals surface area contributed by atoms with Crippen molar-refractivity contribution in [1.82, 2.24) is 25.1 Å². The van der Waals surface area contributed by atoms with E-state index >= 15 is 0 Å². The summed E-state index contributed by atoms with van der Waals surface area (Å²) in [5.74, 6) is 0.0838. The first kappa shape index (κ1) is 14.5. The van der Waals surface area contributed by atoms with E-state index in [1.165, 1.54) is 23.4 Å². The van der Waals surface area contributed by atoms with Gasteiger partial charge in [-0.05, 0) is 42.2 Å². The smallest absolute Gasteiger partial charge is 0.251 e. The van der Waals surface area contributed by atoms with Gasteiger partial charge in [0.2, 0.25) is 0 Å². The van der Waals surface area contributed by atoms with Gasteiger partial charge in [0.25, 0.3) is 5.91 Å². The summed E-state index contributed by atoms with van der Waals surface area (Å²) in [6.45, 7) is 0. The molecular formula is C17H14FN5O. The van der Waals surface area contributed by atoms with Gasteiger partial charge in [0, 0.05) is 11.8 Å². The van der Waals surface area contributed by atoms with Crippen LogP contribution in [0.1, 0.15) is 33.9 Å². The first-order valence-corrected chi connectivity index (χ1v) is 7.61. The van der Waals surface area contributed by atoms with Crippen LogP contribution in [-0.4, -0.2) is 25.7 Å². The summed E-state index contributed by atoms with van der Waals surface area (Å²) in [6, 6.07) is 8.10. The van der Waals surface area contributed by atoms with Crippen molar-refractivity contribution in [2.24, 2.45) is 0 Å². The van der Waals surface area contributed by atoms with E-state index in [0.29, 0.717) is 29.8 Å². The number of fused-ring (bicyclic) bond motifs is 1. The van der Waals surface area contributed by atoms with Crippen LogP contribution in [0.4, 0.5) is 4.39 Å². The lowest BCUT2D eigenvalue weighted by molar-refractivity contribution is 0.0936. The summed E-state index contributed by atoms with van der Waals surface area (Å²) in [4.78, 5) is 20.6. The Morgan fingerprint density at radius 2 is 2.25 bits per heavy atom. The predicted octanol–water partition coefficient (Wildman–Crippen LogP) is 2.22. The topological polar surface area (TPSA) is 72.7 Å². The Morgan fingerprint density at radius 3 is 3.08 bits per heavy atom. The fourth-order valence-corrected chi connectivity index (χ4v) is 3.01. The minimum atomic E-state index is -0.221. The van der Waals surface area contributed by atoms with E-state index in [4.69, 9.17) is 0 Å². The molecule has 0 saturated heterocycles. The van der Waals surface area contributed by atoms with Gasteiger partial charge in [-0.3, -0.25) is 4.79 Å². The van der Waals surface area contributed by atoms with Crippen LogP contribution in [0.25, 0.3) is 5.82 Å². The van der Waals surface area contributed by atoms with Gasteiger partial charge >= 0.3 is 0 Å². The van der Waals surface area contributed by atoms with E-state index in [-0.39, 0.29) is 17.8 Å². The van der Waals surface area contributed by atoms with Crippen molar-refractivity contribution >= 4 is 5.91 Å². The fourth-order valence-electron chi connectivity index (χ4n) is 3.01. The molecule has 0 fully saturated rings. The Bertz CT molecular complexity index is 894. The number of rotatable bonds is 3.